The second kappa shape index (κ2) is 4.69. The molecule has 90 valence electrons. The van der Waals surface area contributed by atoms with Crippen LogP contribution in [0.15, 0.2) is 18.2 Å². The summed E-state index contributed by atoms with van der Waals surface area (Å²) in [4.78, 5) is 6.29. The van der Waals surface area contributed by atoms with Crippen LogP contribution in [-0.2, 0) is 6.54 Å². The number of fused-ring (bicyclic) bond motifs is 1. The van der Waals surface area contributed by atoms with Crippen LogP contribution < -0.4 is 5.11 Å². The Labute approximate surface area is 110 Å². The molecule has 0 saturated carbocycles. The van der Waals surface area contributed by atoms with E-state index < -0.39 is 0 Å². The van der Waals surface area contributed by atoms with Crippen molar-refractivity contribution in [2.75, 3.05) is 14.1 Å². The third-order valence-electron chi connectivity index (χ3n) is 2.37. The first-order valence-corrected chi connectivity index (χ1v) is 5.84. The van der Waals surface area contributed by atoms with Crippen LogP contribution in [0, 0.1) is 0 Å². The molecule has 0 amide bonds. The van der Waals surface area contributed by atoms with E-state index in [9.17, 15) is 5.11 Å². The molecule has 0 unspecified atom stereocenters. The first-order valence-electron chi connectivity index (χ1n) is 5.08. The largest absolute Gasteiger partial charge is 0.870 e. The van der Waals surface area contributed by atoms with Gasteiger partial charge in [0.05, 0.1) is 16.2 Å². The number of hydrogen-bond donors (Lipinski definition) is 0. The highest BCUT2D eigenvalue weighted by atomic mass is 35.5. The molecule has 0 aliphatic heterocycles. The van der Waals surface area contributed by atoms with Crippen molar-refractivity contribution in [3.05, 3.63) is 33.9 Å². The fraction of sp³-hybridized carbons (Fsp3) is 0.250. The first kappa shape index (κ1) is 12.4. The van der Waals surface area contributed by atoms with E-state index in [1.807, 2.05) is 25.1 Å². The Morgan fingerprint density at radius 1 is 1.24 bits per heavy atom. The van der Waals surface area contributed by atoms with Gasteiger partial charge in [0.1, 0.15) is 0 Å². The molecule has 0 saturated heterocycles. The zero-order valence-electron chi connectivity index (χ0n) is 9.50. The second-order valence-electron chi connectivity index (χ2n) is 4.11. The number of benzene rings is 1. The van der Waals surface area contributed by atoms with Crippen LogP contribution in [0.2, 0.25) is 10.0 Å². The van der Waals surface area contributed by atoms with Crippen LogP contribution in [0.3, 0.4) is 0 Å². The molecule has 0 fully saturated rings. The van der Waals surface area contributed by atoms with Gasteiger partial charge in [-0.15, -0.1) is 0 Å². The van der Waals surface area contributed by atoms with Gasteiger partial charge in [0, 0.05) is 17.0 Å². The van der Waals surface area contributed by atoms with Gasteiger partial charge in [0.2, 0.25) is 0 Å². The number of pyridine rings is 1. The second-order valence-corrected chi connectivity index (χ2v) is 4.92. The van der Waals surface area contributed by atoms with Crippen LogP contribution in [0.1, 0.15) is 5.69 Å². The summed E-state index contributed by atoms with van der Waals surface area (Å²) in [5.41, 5.74) is 1.15. The van der Waals surface area contributed by atoms with Gasteiger partial charge in [-0.1, -0.05) is 29.0 Å². The molecule has 5 heteroatoms. The van der Waals surface area contributed by atoms with Gasteiger partial charge in [0.25, 0.3) is 0 Å². The van der Waals surface area contributed by atoms with Gasteiger partial charge in [-0.05, 0) is 32.3 Å². The van der Waals surface area contributed by atoms with E-state index in [1.54, 1.807) is 6.07 Å². The van der Waals surface area contributed by atoms with E-state index in [4.69, 9.17) is 23.2 Å². The van der Waals surface area contributed by atoms with E-state index >= 15 is 0 Å². The summed E-state index contributed by atoms with van der Waals surface area (Å²) < 4.78 is 0. The number of aromatic nitrogens is 1. The van der Waals surface area contributed by atoms with Crippen molar-refractivity contribution in [3.63, 3.8) is 0 Å². The smallest absolute Gasteiger partial charge is 0.0657 e. The average molecular weight is 270 g/mol. The number of rotatable bonds is 2. The standard InChI is InChI=1S/C12H12Cl2N2O/c1-16(2)6-7-3-4-8-9(13)5-10(14)12(17)11(8)15-7/h3-5,17H,6H2,1-2H3/p-1. The van der Waals surface area contributed by atoms with Crippen molar-refractivity contribution in [1.29, 1.82) is 0 Å². The summed E-state index contributed by atoms with van der Waals surface area (Å²) in [6.45, 7) is 0.666. The normalized spacial score (nSPS) is 11.4. The van der Waals surface area contributed by atoms with E-state index in [2.05, 4.69) is 4.98 Å². The lowest BCUT2D eigenvalue weighted by molar-refractivity contribution is -0.265. The topological polar surface area (TPSA) is 39.2 Å². The summed E-state index contributed by atoms with van der Waals surface area (Å²) in [5.74, 6) is -0.272. The average Bonchev–Trinajstić information content (AvgIpc) is 2.25. The first-order chi connectivity index (χ1) is 7.99. The summed E-state index contributed by atoms with van der Waals surface area (Å²) in [5, 5.41) is 13.1. The van der Waals surface area contributed by atoms with Crippen molar-refractivity contribution in [3.8, 4) is 5.75 Å². The molecule has 0 spiro atoms. The number of nitrogens with zero attached hydrogens (tertiary/aromatic N) is 2. The third kappa shape index (κ3) is 2.46. The Balaban J connectivity index is 2.63. The Bertz CT molecular complexity index is 570. The highest BCUT2D eigenvalue weighted by Crippen LogP contribution is 2.34. The minimum absolute atomic E-state index is 0.108. The van der Waals surface area contributed by atoms with Gasteiger partial charge in [-0.2, -0.15) is 0 Å². The highest BCUT2D eigenvalue weighted by Gasteiger charge is 2.06. The van der Waals surface area contributed by atoms with Crippen molar-refractivity contribution in [2.24, 2.45) is 0 Å². The quantitative estimate of drug-likeness (QED) is 0.842. The Kier molecular flexibility index (Phi) is 3.43. The van der Waals surface area contributed by atoms with Gasteiger partial charge >= 0.3 is 0 Å². The maximum absolute atomic E-state index is 11.9. The number of halogens is 2. The molecular formula is C12H11Cl2N2O-. The van der Waals surface area contributed by atoms with Gasteiger partial charge in [0.15, 0.2) is 0 Å². The molecule has 0 aliphatic rings. The fourth-order valence-corrected chi connectivity index (χ4v) is 2.16. The van der Waals surface area contributed by atoms with E-state index in [-0.39, 0.29) is 10.8 Å². The predicted molar refractivity (Wildman–Crippen MR) is 68.6 cm³/mol. The Morgan fingerprint density at radius 2 is 1.94 bits per heavy atom. The summed E-state index contributed by atoms with van der Waals surface area (Å²) >= 11 is 11.8. The van der Waals surface area contributed by atoms with Crippen LogP contribution in [0.4, 0.5) is 0 Å². The SMILES string of the molecule is CN(C)Cc1ccc2c(Cl)cc(Cl)c([O-])c2n1. The predicted octanol–water partition coefficient (Wildman–Crippen LogP) is 2.68. The molecule has 0 atom stereocenters. The van der Waals surface area contributed by atoms with Gasteiger partial charge < -0.3 is 10.0 Å². The zero-order valence-corrected chi connectivity index (χ0v) is 11.0. The molecule has 2 rings (SSSR count). The van der Waals surface area contributed by atoms with Crippen LogP contribution in [0.5, 0.6) is 5.75 Å². The minimum atomic E-state index is -0.272. The lowest BCUT2D eigenvalue weighted by Crippen LogP contribution is -2.12. The molecule has 2 aromatic rings. The Morgan fingerprint density at radius 3 is 2.59 bits per heavy atom. The number of hydrogen-bond acceptors (Lipinski definition) is 3. The molecule has 17 heavy (non-hydrogen) atoms. The summed E-state index contributed by atoms with van der Waals surface area (Å²) in [6, 6.07) is 5.13. The minimum Gasteiger partial charge on any atom is -0.870 e. The molecule has 0 aliphatic carbocycles. The Hall–Kier alpha value is -1.03. The molecule has 0 radical (unpaired) electrons. The summed E-state index contributed by atoms with van der Waals surface area (Å²) in [6.07, 6.45) is 0. The van der Waals surface area contributed by atoms with Crippen molar-refractivity contribution in [2.45, 2.75) is 6.54 Å². The molecule has 1 aromatic heterocycles. The lowest BCUT2D eigenvalue weighted by Gasteiger charge is -2.15. The zero-order chi connectivity index (χ0) is 12.6. The van der Waals surface area contributed by atoms with Crippen LogP contribution >= 0.6 is 23.2 Å². The molecule has 1 heterocycles. The van der Waals surface area contributed by atoms with Crippen molar-refractivity contribution in [1.82, 2.24) is 9.88 Å². The fourth-order valence-electron chi connectivity index (χ4n) is 1.65. The van der Waals surface area contributed by atoms with Crippen molar-refractivity contribution < 1.29 is 5.11 Å². The molecule has 3 nitrogen and oxygen atoms in total. The van der Waals surface area contributed by atoms with Gasteiger partial charge in [-0.25, -0.2) is 0 Å². The van der Waals surface area contributed by atoms with Crippen LogP contribution in [0.25, 0.3) is 10.9 Å². The molecule has 1 aromatic carbocycles. The van der Waals surface area contributed by atoms with Gasteiger partial charge in [-0.3, -0.25) is 4.98 Å². The maximum atomic E-state index is 11.9. The van der Waals surface area contributed by atoms with Crippen LogP contribution in [-0.4, -0.2) is 24.0 Å². The van der Waals surface area contributed by atoms with Crippen molar-refractivity contribution >= 4 is 34.1 Å². The summed E-state index contributed by atoms with van der Waals surface area (Å²) in [7, 11) is 3.88. The maximum Gasteiger partial charge on any atom is 0.0657 e. The third-order valence-corrected chi connectivity index (χ3v) is 2.97. The highest BCUT2D eigenvalue weighted by molar-refractivity contribution is 6.39. The lowest BCUT2D eigenvalue weighted by atomic mass is 10.2. The van der Waals surface area contributed by atoms with E-state index in [0.29, 0.717) is 22.5 Å². The van der Waals surface area contributed by atoms with E-state index in [1.165, 1.54) is 6.07 Å². The monoisotopic (exact) mass is 269 g/mol. The molecule has 0 bridgehead atoms. The van der Waals surface area contributed by atoms with E-state index in [0.717, 1.165) is 5.69 Å². The molecule has 0 N–H and O–H groups in total. The molecular weight excluding hydrogens is 259 g/mol.